The van der Waals surface area contributed by atoms with Gasteiger partial charge in [-0.3, -0.25) is 4.79 Å². The van der Waals surface area contributed by atoms with E-state index in [1.165, 1.54) is 6.42 Å². The quantitative estimate of drug-likeness (QED) is 0.788. The third kappa shape index (κ3) is 3.97. The summed E-state index contributed by atoms with van der Waals surface area (Å²) in [6.45, 7) is 9.42. The Kier molecular flexibility index (Phi) is 5.77. The van der Waals surface area contributed by atoms with Gasteiger partial charge >= 0.3 is 0 Å². The second kappa shape index (κ2) is 7.58. The molecule has 4 nitrogen and oxygen atoms in total. The number of carbonyl (C=O) groups is 1. The molecule has 0 unspecified atom stereocenters. The Morgan fingerprint density at radius 1 is 1.32 bits per heavy atom. The van der Waals surface area contributed by atoms with Crippen molar-refractivity contribution in [1.29, 1.82) is 0 Å². The number of rotatable bonds is 7. The molecule has 1 amide bonds. The van der Waals surface area contributed by atoms with Crippen LogP contribution in [0.2, 0.25) is 0 Å². The van der Waals surface area contributed by atoms with Crippen LogP contribution in [0.3, 0.4) is 0 Å². The predicted octanol–water partition coefficient (Wildman–Crippen LogP) is 3.84. The number of unbranched alkanes of at least 4 members (excludes halogenated alkanes) is 2. The number of aryl methyl sites for hydroxylation is 2. The summed E-state index contributed by atoms with van der Waals surface area (Å²) >= 11 is 1.65. The molecule has 0 saturated heterocycles. The smallest absolute Gasteiger partial charge is 0.239 e. The molecule has 0 saturated carbocycles. The zero-order valence-corrected chi connectivity index (χ0v) is 14.7. The molecule has 120 valence electrons. The van der Waals surface area contributed by atoms with E-state index in [2.05, 4.69) is 40.2 Å². The van der Waals surface area contributed by atoms with Crippen molar-refractivity contribution in [2.24, 2.45) is 0 Å². The summed E-state index contributed by atoms with van der Waals surface area (Å²) in [6, 6.07) is 2.12. The first-order valence-corrected chi connectivity index (χ1v) is 8.76. The summed E-state index contributed by atoms with van der Waals surface area (Å²) in [6.07, 6.45) is 3.38. The second-order valence-electron chi connectivity index (χ2n) is 5.68. The molecular weight excluding hydrogens is 294 g/mol. The van der Waals surface area contributed by atoms with Gasteiger partial charge in [-0.15, -0.1) is 11.3 Å². The number of amides is 1. The molecule has 2 aromatic heterocycles. The summed E-state index contributed by atoms with van der Waals surface area (Å²) in [5, 5.41) is 6.14. The van der Waals surface area contributed by atoms with Gasteiger partial charge in [-0.2, -0.15) is 0 Å². The minimum atomic E-state index is 0.0823. The summed E-state index contributed by atoms with van der Waals surface area (Å²) in [5.74, 6) is 0.0823. The molecule has 0 spiro atoms. The van der Waals surface area contributed by atoms with Crippen molar-refractivity contribution < 1.29 is 4.79 Å². The fourth-order valence-electron chi connectivity index (χ4n) is 2.59. The maximum atomic E-state index is 12.1. The molecule has 2 rings (SSSR count). The van der Waals surface area contributed by atoms with E-state index in [9.17, 15) is 4.79 Å². The normalized spacial score (nSPS) is 10.9. The van der Waals surface area contributed by atoms with E-state index in [4.69, 9.17) is 0 Å². The van der Waals surface area contributed by atoms with E-state index < -0.39 is 0 Å². The van der Waals surface area contributed by atoms with Crippen LogP contribution in [0.5, 0.6) is 0 Å². The average Bonchev–Trinajstić information content (AvgIpc) is 3.02. The van der Waals surface area contributed by atoms with Crippen molar-refractivity contribution in [3.05, 3.63) is 27.8 Å². The van der Waals surface area contributed by atoms with Crippen molar-refractivity contribution in [3.8, 4) is 11.3 Å². The van der Waals surface area contributed by atoms with Gasteiger partial charge in [0.15, 0.2) is 0 Å². The van der Waals surface area contributed by atoms with Gasteiger partial charge < -0.3 is 9.88 Å². The van der Waals surface area contributed by atoms with Crippen molar-refractivity contribution in [1.82, 2.24) is 14.9 Å². The third-order valence-corrected chi connectivity index (χ3v) is 4.65. The molecule has 1 N–H and O–H groups in total. The van der Waals surface area contributed by atoms with Gasteiger partial charge in [-0.1, -0.05) is 19.8 Å². The molecule has 22 heavy (non-hydrogen) atoms. The van der Waals surface area contributed by atoms with E-state index in [-0.39, 0.29) is 5.91 Å². The van der Waals surface area contributed by atoms with Crippen LogP contribution in [0.25, 0.3) is 11.3 Å². The van der Waals surface area contributed by atoms with Gasteiger partial charge in [0.1, 0.15) is 6.54 Å². The van der Waals surface area contributed by atoms with Gasteiger partial charge in [-0.05, 0) is 33.3 Å². The number of aromatic nitrogens is 2. The monoisotopic (exact) mass is 319 g/mol. The lowest BCUT2D eigenvalue weighted by Crippen LogP contribution is -2.29. The molecule has 0 aliphatic rings. The molecule has 2 aromatic rings. The van der Waals surface area contributed by atoms with E-state index in [1.54, 1.807) is 11.3 Å². The minimum Gasteiger partial charge on any atom is -0.355 e. The Morgan fingerprint density at radius 2 is 2.09 bits per heavy atom. The Bertz CT molecular complexity index is 642. The number of hydrogen-bond donors (Lipinski definition) is 1. The summed E-state index contributed by atoms with van der Waals surface area (Å²) in [4.78, 5) is 16.6. The molecule has 0 atom stereocenters. The van der Waals surface area contributed by atoms with Crippen molar-refractivity contribution >= 4 is 17.2 Å². The molecule has 0 radical (unpaired) electrons. The maximum Gasteiger partial charge on any atom is 0.239 e. The Morgan fingerprint density at radius 3 is 2.73 bits per heavy atom. The molecule has 0 fully saturated rings. The van der Waals surface area contributed by atoms with Crippen LogP contribution in [-0.2, 0) is 11.3 Å². The number of nitrogens with one attached hydrogen (secondary N) is 1. The fourth-order valence-corrected chi connectivity index (χ4v) is 3.21. The molecule has 0 aliphatic heterocycles. The Labute approximate surface area is 136 Å². The molecule has 0 aliphatic carbocycles. The average molecular weight is 319 g/mol. The molecule has 0 bridgehead atoms. The number of carbonyl (C=O) groups excluding carboxylic acids is 1. The summed E-state index contributed by atoms with van der Waals surface area (Å²) in [5.41, 5.74) is 4.33. The van der Waals surface area contributed by atoms with E-state index >= 15 is 0 Å². The van der Waals surface area contributed by atoms with Gasteiger partial charge in [0, 0.05) is 28.9 Å². The first-order chi connectivity index (χ1) is 10.5. The second-order valence-corrected chi connectivity index (χ2v) is 6.74. The van der Waals surface area contributed by atoms with Crippen LogP contribution in [0, 0.1) is 20.8 Å². The minimum absolute atomic E-state index is 0.0823. The molecular formula is C17H25N3OS. The Hall–Kier alpha value is -1.62. The van der Waals surface area contributed by atoms with E-state index in [0.29, 0.717) is 6.54 Å². The number of thiazole rings is 1. The molecule has 5 heteroatoms. The first-order valence-electron chi connectivity index (χ1n) is 7.88. The van der Waals surface area contributed by atoms with Gasteiger partial charge in [-0.25, -0.2) is 4.98 Å². The predicted molar refractivity (Wildman–Crippen MR) is 92.3 cm³/mol. The highest BCUT2D eigenvalue weighted by Gasteiger charge is 2.14. The molecule has 0 aromatic carbocycles. The van der Waals surface area contributed by atoms with Gasteiger partial charge in [0.25, 0.3) is 0 Å². The van der Waals surface area contributed by atoms with Crippen LogP contribution < -0.4 is 5.32 Å². The first kappa shape index (κ1) is 16.7. The van der Waals surface area contributed by atoms with Crippen molar-refractivity contribution in [2.45, 2.75) is 53.5 Å². The van der Waals surface area contributed by atoms with Gasteiger partial charge in [0.05, 0.1) is 10.7 Å². The summed E-state index contributed by atoms with van der Waals surface area (Å²) in [7, 11) is 0. The highest BCUT2D eigenvalue weighted by molar-refractivity contribution is 7.09. The van der Waals surface area contributed by atoms with Crippen LogP contribution in [0.1, 0.15) is 42.6 Å². The number of nitrogens with zero attached hydrogens (tertiary/aromatic N) is 2. The number of hydrogen-bond acceptors (Lipinski definition) is 3. The van der Waals surface area contributed by atoms with Crippen molar-refractivity contribution in [2.75, 3.05) is 6.54 Å². The zero-order chi connectivity index (χ0) is 16.1. The topological polar surface area (TPSA) is 46.9 Å². The van der Waals surface area contributed by atoms with Crippen molar-refractivity contribution in [3.63, 3.8) is 0 Å². The zero-order valence-electron chi connectivity index (χ0n) is 13.9. The maximum absolute atomic E-state index is 12.1. The molecule has 2 heterocycles. The van der Waals surface area contributed by atoms with E-state index in [0.717, 1.165) is 47.0 Å². The lowest BCUT2D eigenvalue weighted by molar-refractivity contribution is -0.121. The van der Waals surface area contributed by atoms with Crippen LogP contribution in [-0.4, -0.2) is 22.0 Å². The van der Waals surface area contributed by atoms with Crippen LogP contribution >= 0.6 is 11.3 Å². The highest BCUT2D eigenvalue weighted by Crippen LogP contribution is 2.27. The lowest BCUT2D eigenvalue weighted by Gasteiger charge is -2.10. The largest absolute Gasteiger partial charge is 0.355 e. The summed E-state index contributed by atoms with van der Waals surface area (Å²) < 4.78 is 2.07. The Balaban J connectivity index is 2.06. The van der Waals surface area contributed by atoms with Crippen LogP contribution in [0.4, 0.5) is 0 Å². The standard InChI is InChI=1S/C17H25N3OS/c1-5-6-7-8-18-17(21)10-20-12(2)9-15(13(20)3)16-11-22-14(4)19-16/h9,11H,5-8,10H2,1-4H3,(H,18,21). The SMILES string of the molecule is CCCCCNC(=O)Cn1c(C)cc(-c2csc(C)n2)c1C. The third-order valence-electron chi connectivity index (χ3n) is 3.87. The lowest BCUT2D eigenvalue weighted by atomic mass is 10.2. The van der Waals surface area contributed by atoms with E-state index in [1.807, 2.05) is 13.8 Å². The fraction of sp³-hybridized carbons (Fsp3) is 0.529. The highest BCUT2D eigenvalue weighted by atomic mass is 32.1. The van der Waals surface area contributed by atoms with Crippen LogP contribution in [0.15, 0.2) is 11.4 Å². The van der Waals surface area contributed by atoms with Gasteiger partial charge in [0.2, 0.25) is 5.91 Å².